The Hall–Kier alpha value is -3.16. The Kier molecular flexibility index (Phi) is 4.98. The standard InChI is InChI=1S/C19H21N3O5/c1-6-15-18(13(5)27-20-15)19(24)25-9-16(23)14-7-10(2)22(12(14)4)17-8-11(3)26-21-17/h7-8H,6,9H2,1-5H3. The van der Waals surface area contributed by atoms with Crippen LogP contribution in [0.15, 0.2) is 21.2 Å². The number of carbonyl (C=O) groups is 2. The molecule has 0 atom stereocenters. The Morgan fingerprint density at radius 2 is 1.85 bits per heavy atom. The van der Waals surface area contributed by atoms with Crippen LogP contribution in [0, 0.1) is 27.7 Å². The molecule has 27 heavy (non-hydrogen) atoms. The van der Waals surface area contributed by atoms with Crippen LogP contribution in [0.4, 0.5) is 0 Å². The molecule has 3 aromatic heterocycles. The lowest BCUT2D eigenvalue weighted by atomic mass is 10.1. The zero-order valence-corrected chi connectivity index (χ0v) is 16.0. The quantitative estimate of drug-likeness (QED) is 0.484. The van der Waals surface area contributed by atoms with Crippen LogP contribution < -0.4 is 0 Å². The van der Waals surface area contributed by atoms with Gasteiger partial charge in [-0.2, -0.15) is 0 Å². The van der Waals surface area contributed by atoms with Gasteiger partial charge >= 0.3 is 5.97 Å². The van der Waals surface area contributed by atoms with E-state index in [-0.39, 0.29) is 18.0 Å². The molecule has 0 fully saturated rings. The number of aryl methyl sites for hydroxylation is 4. The van der Waals surface area contributed by atoms with E-state index in [1.165, 1.54) is 0 Å². The number of rotatable bonds is 6. The number of carbonyl (C=O) groups excluding carboxylic acids is 2. The van der Waals surface area contributed by atoms with E-state index in [1.807, 2.05) is 25.3 Å². The molecule has 0 unspecified atom stereocenters. The Morgan fingerprint density at radius 1 is 1.11 bits per heavy atom. The van der Waals surface area contributed by atoms with Crippen molar-refractivity contribution in [2.45, 2.75) is 41.0 Å². The third-order valence-corrected chi connectivity index (χ3v) is 4.38. The number of nitrogens with zero attached hydrogens (tertiary/aromatic N) is 3. The molecule has 0 spiro atoms. The van der Waals surface area contributed by atoms with Crippen molar-refractivity contribution in [2.24, 2.45) is 0 Å². The molecule has 0 N–H and O–H groups in total. The highest BCUT2D eigenvalue weighted by Crippen LogP contribution is 2.22. The summed E-state index contributed by atoms with van der Waals surface area (Å²) >= 11 is 0. The van der Waals surface area contributed by atoms with Gasteiger partial charge in [-0.05, 0) is 40.2 Å². The lowest BCUT2D eigenvalue weighted by Crippen LogP contribution is -2.16. The first-order valence-electron chi connectivity index (χ1n) is 8.61. The molecule has 0 saturated carbocycles. The van der Waals surface area contributed by atoms with Crippen molar-refractivity contribution < 1.29 is 23.4 Å². The summed E-state index contributed by atoms with van der Waals surface area (Å²) in [5.74, 6) is 0.750. The number of hydrogen-bond acceptors (Lipinski definition) is 7. The van der Waals surface area contributed by atoms with Gasteiger partial charge in [-0.3, -0.25) is 9.36 Å². The molecule has 0 saturated heterocycles. The number of aromatic nitrogens is 3. The normalized spacial score (nSPS) is 11.0. The average Bonchev–Trinajstić information content (AvgIpc) is 3.30. The van der Waals surface area contributed by atoms with Gasteiger partial charge < -0.3 is 13.8 Å². The van der Waals surface area contributed by atoms with Crippen LogP contribution in [-0.4, -0.2) is 33.2 Å². The maximum atomic E-state index is 12.6. The number of Topliss-reactive ketones (excluding diaryl/α,β-unsaturated/α-hetero) is 1. The molecule has 8 heteroatoms. The predicted octanol–water partition coefficient (Wildman–Crippen LogP) is 3.29. The third-order valence-electron chi connectivity index (χ3n) is 4.38. The fourth-order valence-corrected chi connectivity index (χ4v) is 3.06. The summed E-state index contributed by atoms with van der Waals surface area (Å²) in [6.07, 6.45) is 0.536. The highest BCUT2D eigenvalue weighted by Gasteiger charge is 2.23. The number of hydrogen-bond donors (Lipinski definition) is 0. The Morgan fingerprint density at radius 3 is 2.48 bits per heavy atom. The van der Waals surface area contributed by atoms with Gasteiger partial charge in [0, 0.05) is 23.0 Å². The minimum atomic E-state index is -0.611. The molecule has 0 aliphatic carbocycles. The van der Waals surface area contributed by atoms with Gasteiger partial charge in [-0.15, -0.1) is 0 Å². The molecule has 3 aromatic rings. The van der Waals surface area contributed by atoms with Crippen molar-refractivity contribution in [3.05, 3.63) is 51.9 Å². The van der Waals surface area contributed by atoms with Gasteiger partial charge in [0.2, 0.25) is 5.78 Å². The maximum Gasteiger partial charge on any atom is 0.344 e. The lowest BCUT2D eigenvalue weighted by Gasteiger charge is -2.06. The van der Waals surface area contributed by atoms with Gasteiger partial charge in [0.25, 0.3) is 0 Å². The van der Waals surface area contributed by atoms with Gasteiger partial charge in [0.1, 0.15) is 17.1 Å². The summed E-state index contributed by atoms with van der Waals surface area (Å²) in [5.41, 5.74) is 2.81. The fourth-order valence-electron chi connectivity index (χ4n) is 3.06. The van der Waals surface area contributed by atoms with E-state index in [1.54, 1.807) is 26.0 Å². The number of ether oxygens (including phenoxy) is 1. The molecular formula is C19H21N3O5. The van der Waals surface area contributed by atoms with Crippen LogP contribution in [0.1, 0.15) is 56.2 Å². The number of esters is 1. The van der Waals surface area contributed by atoms with E-state index < -0.39 is 5.97 Å². The first kappa shape index (κ1) is 18.6. The molecular weight excluding hydrogens is 350 g/mol. The summed E-state index contributed by atoms with van der Waals surface area (Å²) in [6, 6.07) is 3.53. The molecule has 142 valence electrons. The molecule has 0 aliphatic rings. The van der Waals surface area contributed by atoms with E-state index >= 15 is 0 Å². The highest BCUT2D eigenvalue weighted by molar-refractivity contribution is 6.00. The average molecular weight is 371 g/mol. The highest BCUT2D eigenvalue weighted by atomic mass is 16.5. The third kappa shape index (κ3) is 3.42. The molecule has 0 aromatic carbocycles. The van der Waals surface area contributed by atoms with E-state index in [2.05, 4.69) is 10.3 Å². The second-order valence-electron chi connectivity index (χ2n) is 6.33. The molecule has 0 bridgehead atoms. The van der Waals surface area contributed by atoms with E-state index in [4.69, 9.17) is 13.8 Å². The Bertz CT molecular complexity index is 1010. The van der Waals surface area contributed by atoms with Crippen LogP contribution in [0.25, 0.3) is 5.82 Å². The maximum absolute atomic E-state index is 12.6. The predicted molar refractivity (Wildman–Crippen MR) is 95.3 cm³/mol. The second kappa shape index (κ2) is 7.22. The summed E-state index contributed by atoms with van der Waals surface area (Å²) in [6.45, 7) is 8.61. The molecule has 0 aliphatic heterocycles. The topological polar surface area (TPSA) is 100 Å². The first-order chi connectivity index (χ1) is 12.8. The Labute approximate surface area is 156 Å². The van der Waals surface area contributed by atoms with Crippen LogP contribution in [0.5, 0.6) is 0 Å². The smallest absolute Gasteiger partial charge is 0.344 e. The van der Waals surface area contributed by atoms with Crippen molar-refractivity contribution >= 4 is 11.8 Å². The summed E-state index contributed by atoms with van der Waals surface area (Å²) in [7, 11) is 0. The van der Waals surface area contributed by atoms with Crippen LogP contribution in [0.3, 0.4) is 0 Å². The fraction of sp³-hybridized carbons (Fsp3) is 0.368. The van der Waals surface area contributed by atoms with Crippen LogP contribution in [-0.2, 0) is 11.2 Å². The van der Waals surface area contributed by atoms with E-state index in [0.29, 0.717) is 40.7 Å². The lowest BCUT2D eigenvalue weighted by molar-refractivity contribution is 0.0472. The van der Waals surface area contributed by atoms with Crippen molar-refractivity contribution in [3.8, 4) is 5.82 Å². The Balaban J connectivity index is 1.77. The summed E-state index contributed by atoms with van der Waals surface area (Å²) in [5, 5.41) is 7.82. The monoisotopic (exact) mass is 371 g/mol. The first-order valence-corrected chi connectivity index (χ1v) is 8.61. The zero-order chi connectivity index (χ0) is 19.7. The van der Waals surface area contributed by atoms with Gasteiger partial charge in [0.15, 0.2) is 12.4 Å². The molecule has 8 nitrogen and oxygen atoms in total. The second-order valence-corrected chi connectivity index (χ2v) is 6.33. The zero-order valence-electron chi connectivity index (χ0n) is 16.0. The van der Waals surface area contributed by atoms with Crippen molar-refractivity contribution in [3.63, 3.8) is 0 Å². The largest absolute Gasteiger partial charge is 0.454 e. The minimum Gasteiger partial charge on any atom is -0.454 e. The molecule has 3 rings (SSSR count). The van der Waals surface area contributed by atoms with Gasteiger partial charge in [-0.1, -0.05) is 17.2 Å². The summed E-state index contributed by atoms with van der Waals surface area (Å²) in [4.78, 5) is 24.9. The minimum absolute atomic E-state index is 0.286. The van der Waals surface area contributed by atoms with Gasteiger partial charge in [-0.25, -0.2) is 4.79 Å². The van der Waals surface area contributed by atoms with Crippen LogP contribution in [0.2, 0.25) is 0 Å². The SMILES string of the molecule is CCc1noc(C)c1C(=O)OCC(=O)c1cc(C)n(-c2cc(C)on2)c1C. The van der Waals surface area contributed by atoms with Gasteiger partial charge in [0.05, 0.1) is 5.69 Å². The molecule has 3 heterocycles. The van der Waals surface area contributed by atoms with E-state index in [0.717, 1.165) is 5.69 Å². The molecule has 0 amide bonds. The number of ketones is 1. The molecule has 0 radical (unpaired) electrons. The summed E-state index contributed by atoms with van der Waals surface area (Å²) < 4.78 is 17.2. The van der Waals surface area contributed by atoms with E-state index in [9.17, 15) is 9.59 Å². The van der Waals surface area contributed by atoms with Crippen molar-refractivity contribution in [1.29, 1.82) is 0 Å². The van der Waals surface area contributed by atoms with Crippen molar-refractivity contribution in [1.82, 2.24) is 14.9 Å². The van der Waals surface area contributed by atoms with Crippen molar-refractivity contribution in [2.75, 3.05) is 6.61 Å². The van der Waals surface area contributed by atoms with Crippen LogP contribution >= 0.6 is 0 Å².